The molecule has 2 nitrogen and oxygen atoms in total. The molecule has 0 spiro atoms. The lowest BCUT2D eigenvalue weighted by Crippen LogP contribution is -2.19. The number of hydrogen-bond acceptors (Lipinski definition) is 1. The predicted octanol–water partition coefficient (Wildman–Crippen LogP) is 4.95. The smallest absolute Gasteiger partial charge is 0.268 e. The van der Waals surface area contributed by atoms with Gasteiger partial charge in [-0.1, -0.05) is 34.1 Å². The standard InChI is InChI=1S/C13H9BrClNO/c14-10-6-8-12(9-7-10)16(13(15)17)11-4-2-1-3-5-11/h1-9H. The highest BCUT2D eigenvalue weighted by Crippen LogP contribution is 2.27. The van der Waals surface area contributed by atoms with Crippen molar-refractivity contribution in [1.29, 1.82) is 0 Å². The van der Waals surface area contributed by atoms with Crippen LogP contribution in [0.3, 0.4) is 0 Å². The van der Waals surface area contributed by atoms with Crippen molar-refractivity contribution in [1.82, 2.24) is 0 Å². The van der Waals surface area contributed by atoms with Crippen molar-refractivity contribution in [2.45, 2.75) is 0 Å². The lowest BCUT2D eigenvalue weighted by molar-refractivity contribution is 0.266. The molecule has 2 aromatic rings. The molecule has 0 bridgehead atoms. The summed E-state index contributed by atoms with van der Waals surface area (Å²) in [4.78, 5) is 13.0. The first kappa shape index (κ1) is 12.1. The van der Waals surface area contributed by atoms with Gasteiger partial charge in [-0.3, -0.25) is 9.69 Å². The first-order valence-corrected chi connectivity index (χ1v) is 6.16. The Kier molecular flexibility index (Phi) is 3.82. The molecule has 0 aliphatic carbocycles. The Balaban J connectivity index is 2.43. The van der Waals surface area contributed by atoms with E-state index in [0.29, 0.717) is 0 Å². The average molecular weight is 311 g/mol. The minimum absolute atomic E-state index is 0.529. The fourth-order valence-electron chi connectivity index (χ4n) is 1.52. The number of anilines is 2. The molecular weight excluding hydrogens is 302 g/mol. The molecule has 0 radical (unpaired) electrons. The van der Waals surface area contributed by atoms with Crippen LogP contribution in [0.25, 0.3) is 0 Å². The van der Waals surface area contributed by atoms with Crippen molar-refractivity contribution in [3.63, 3.8) is 0 Å². The number of carbonyl (C=O) groups is 1. The number of rotatable bonds is 2. The van der Waals surface area contributed by atoms with Gasteiger partial charge < -0.3 is 0 Å². The van der Waals surface area contributed by atoms with Crippen molar-refractivity contribution in [3.8, 4) is 0 Å². The number of halogens is 2. The van der Waals surface area contributed by atoms with Crippen LogP contribution in [0.2, 0.25) is 0 Å². The fraction of sp³-hybridized carbons (Fsp3) is 0. The van der Waals surface area contributed by atoms with E-state index in [4.69, 9.17) is 11.6 Å². The third kappa shape index (κ3) is 2.87. The molecule has 0 heterocycles. The first-order chi connectivity index (χ1) is 8.18. The van der Waals surface area contributed by atoms with Crippen LogP contribution in [-0.4, -0.2) is 5.37 Å². The van der Waals surface area contributed by atoms with Gasteiger partial charge in [-0.2, -0.15) is 0 Å². The molecule has 0 saturated carbocycles. The van der Waals surface area contributed by atoms with Crippen LogP contribution in [0, 0.1) is 0 Å². The number of nitrogens with zero attached hydrogens (tertiary/aromatic N) is 1. The Morgan fingerprint density at radius 3 is 2.00 bits per heavy atom. The molecule has 0 aliphatic heterocycles. The Hall–Kier alpha value is -1.32. The molecule has 0 atom stereocenters. The first-order valence-electron chi connectivity index (χ1n) is 4.98. The summed E-state index contributed by atoms with van der Waals surface area (Å²) in [5.41, 5.74) is 1.48. The Labute approximate surface area is 113 Å². The predicted molar refractivity (Wildman–Crippen MR) is 74.0 cm³/mol. The maximum Gasteiger partial charge on any atom is 0.325 e. The minimum atomic E-state index is -0.529. The van der Waals surface area contributed by atoms with Crippen molar-refractivity contribution in [2.75, 3.05) is 4.90 Å². The van der Waals surface area contributed by atoms with Crippen LogP contribution in [0.4, 0.5) is 16.2 Å². The molecule has 17 heavy (non-hydrogen) atoms. The highest BCUT2D eigenvalue weighted by molar-refractivity contribution is 9.10. The normalized spacial score (nSPS) is 10.0. The number of carbonyl (C=O) groups excluding carboxylic acids is 1. The lowest BCUT2D eigenvalue weighted by atomic mass is 10.2. The molecule has 1 amide bonds. The zero-order valence-corrected chi connectivity index (χ0v) is 11.1. The molecule has 0 unspecified atom stereocenters. The second-order valence-corrected chi connectivity index (χ2v) is 4.64. The summed E-state index contributed by atoms with van der Waals surface area (Å²) in [6.45, 7) is 0. The van der Waals surface area contributed by atoms with Crippen molar-refractivity contribution in [3.05, 3.63) is 59.1 Å². The van der Waals surface area contributed by atoms with E-state index in [0.717, 1.165) is 15.8 Å². The van der Waals surface area contributed by atoms with E-state index >= 15 is 0 Å². The van der Waals surface area contributed by atoms with Gasteiger partial charge in [0.25, 0.3) is 0 Å². The summed E-state index contributed by atoms with van der Waals surface area (Å²) in [5.74, 6) is 0. The number of para-hydroxylation sites is 1. The molecule has 0 N–H and O–H groups in total. The van der Waals surface area contributed by atoms with E-state index in [1.54, 1.807) is 0 Å². The highest BCUT2D eigenvalue weighted by atomic mass is 79.9. The van der Waals surface area contributed by atoms with E-state index in [1.807, 2.05) is 54.6 Å². The van der Waals surface area contributed by atoms with Gasteiger partial charge in [0, 0.05) is 4.47 Å². The monoisotopic (exact) mass is 309 g/mol. The second-order valence-electron chi connectivity index (χ2n) is 3.40. The second kappa shape index (κ2) is 5.34. The van der Waals surface area contributed by atoms with Crippen LogP contribution in [0.15, 0.2) is 59.1 Å². The van der Waals surface area contributed by atoms with Gasteiger partial charge in [-0.15, -0.1) is 0 Å². The largest absolute Gasteiger partial charge is 0.325 e. The molecule has 4 heteroatoms. The summed E-state index contributed by atoms with van der Waals surface area (Å²) >= 11 is 8.98. The van der Waals surface area contributed by atoms with Gasteiger partial charge in [0.15, 0.2) is 0 Å². The van der Waals surface area contributed by atoms with Gasteiger partial charge in [-0.05, 0) is 48.0 Å². The fourth-order valence-corrected chi connectivity index (χ4v) is 1.98. The number of benzene rings is 2. The van der Waals surface area contributed by atoms with Gasteiger partial charge >= 0.3 is 5.37 Å². The van der Waals surface area contributed by atoms with Crippen molar-refractivity contribution in [2.24, 2.45) is 0 Å². The van der Waals surface area contributed by atoms with Crippen LogP contribution in [0.1, 0.15) is 0 Å². The Bertz CT molecular complexity index is 513. The topological polar surface area (TPSA) is 20.3 Å². The van der Waals surface area contributed by atoms with Crippen LogP contribution < -0.4 is 4.90 Å². The van der Waals surface area contributed by atoms with E-state index in [-0.39, 0.29) is 0 Å². The Morgan fingerprint density at radius 1 is 0.941 bits per heavy atom. The van der Waals surface area contributed by atoms with Crippen LogP contribution >= 0.6 is 27.5 Å². The molecule has 86 valence electrons. The van der Waals surface area contributed by atoms with Crippen LogP contribution in [0.5, 0.6) is 0 Å². The van der Waals surface area contributed by atoms with Gasteiger partial charge in [-0.25, -0.2) is 0 Å². The van der Waals surface area contributed by atoms with E-state index in [1.165, 1.54) is 4.90 Å². The zero-order valence-electron chi connectivity index (χ0n) is 8.81. The molecular formula is C13H9BrClNO. The SMILES string of the molecule is O=C(Cl)N(c1ccccc1)c1ccc(Br)cc1. The summed E-state index contributed by atoms with van der Waals surface area (Å²) in [6.07, 6.45) is 0. The molecule has 0 saturated heterocycles. The molecule has 0 aromatic heterocycles. The van der Waals surface area contributed by atoms with Gasteiger partial charge in [0.05, 0.1) is 11.4 Å². The van der Waals surface area contributed by atoms with Crippen molar-refractivity contribution >= 4 is 44.3 Å². The minimum Gasteiger partial charge on any atom is -0.268 e. The van der Waals surface area contributed by atoms with E-state index in [2.05, 4.69) is 15.9 Å². The molecule has 2 aromatic carbocycles. The quantitative estimate of drug-likeness (QED) is 0.568. The lowest BCUT2D eigenvalue weighted by Gasteiger charge is -2.19. The summed E-state index contributed by atoms with van der Waals surface area (Å²) in [5, 5.41) is -0.529. The highest BCUT2D eigenvalue weighted by Gasteiger charge is 2.14. The number of hydrogen-bond donors (Lipinski definition) is 0. The summed E-state index contributed by atoms with van der Waals surface area (Å²) in [6, 6.07) is 16.7. The van der Waals surface area contributed by atoms with Crippen LogP contribution in [-0.2, 0) is 0 Å². The summed E-state index contributed by atoms with van der Waals surface area (Å²) in [7, 11) is 0. The Morgan fingerprint density at radius 2 is 1.47 bits per heavy atom. The molecule has 2 rings (SSSR count). The van der Waals surface area contributed by atoms with E-state index in [9.17, 15) is 4.79 Å². The third-order valence-electron chi connectivity index (χ3n) is 2.28. The molecule has 0 fully saturated rings. The number of amides is 1. The summed E-state index contributed by atoms with van der Waals surface area (Å²) < 4.78 is 0.955. The van der Waals surface area contributed by atoms with Gasteiger partial charge in [0.2, 0.25) is 0 Å². The third-order valence-corrected chi connectivity index (χ3v) is 2.97. The van der Waals surface area contributed by atoms with Gasteiger partial charge in [0.1, 0.15) is 0 Å². The average Bonchev–Trinajstić information content (AvgIpc) is 2.33. The molecule has 0 aliphatic rings. The maximum atomic E-state index is 11.5. The van der Waals surface area contributed by atoms with E-state index < -0.39 is 5.37 Å². The maximum absolute atomic E-state index is 11.5. The van der Waals surface area contributed by atoms with Crippen molar-refractivity contribution < 1.29 is 4.79 Å². The zero-order chi connectivity index (χ0) is 12.3.